The number of nitrogens with one attached hydrogen (secondary N) is 1. The first kappa shape index (κ1) is 13.8. The van der Waals surface area contributed by atoms with Crippen LogP contribution in [0.25, 0.3) is 16.7 Å². The molecule has 1 saturated heterocycles. The molecule has 3 heterocycles. The molecule has 1 N–H and O–H groups in total. The van der Waals surface area contributed by atoms with Crippen molar-refractivity contribution < 1.29 is 0 Å². The van der Waals surface area contributed by atoms with Gasteiger partial charge in [0.05, 0.1) is 11.9 Å². The Morgan fingerprint density at radius 2 is 1.96 bits per heavy atom. The highest BCUT2D eigenvalue weighted by atomic mass is 16.1. The van der Waals surface area contributed by atoms with Crippen LogP contribution in [-0.4, -0.2) is 32.8 Å². The molecule has 0 bridgehead atoms. The van der Waals surface area contributed by atoms with Crippen LogP contribution in [0.1, 0.15) is 25.7 Å². The number of H-pyrrole nitrogens is 1. The van der Waals surface area contributed by atoms with E-state index in [9.17, 15) is 4.79 Å². The summed E-state index contributed by atoms with van der Waals surface area (Å²) in [5.41, 5.74) is 1.89. The van der Waals surface area contributed by atoms with E-state index in [0.29, 0.717) is 22.4 Å². The van der Waals surface area contributed by atoms with Crippen molar-refractivity contribution in [2.75, 3.05) is 18.0 Å². The number of fused-ring (bicyclic) bond motifs is 1. The van der Waals surface area contributed by atoms with E-state index in [0.717, 1.165) is 18.8 Å². The summed E-state index contributed by atoms with van der Waals surface area (Å²) in [6.07, 6.45) is 6.67. The van der Waals surface area contributed by atoms with Gasteiger partial charge in [0, 0.05) is 13.1 Å². The highest BCUT2D eigenvalue weighted by molar-refractivity contribution is 5.76. The van der Waals surface area contributed by atoms with Gasteiger partial charge >= 0.3 is 0 Å². The molecule has 3 aromatic rings. The average Bonchev–Trinajstić information content (AvgIpc) is 3.20. The van der Waals surface area contributed by atoms with E-state index in [1.807, 2.05) is 30.3 Å². The van der Waals surface area contributed by atoms with Crippen LogP contribution in [0.15, 0.2) is 41.3 Å². The first-order chi connectivity index (χ1) is 11.7. The Labute approximate surface area is 139 Å². The fourth-order valence-corrected chi connectivity index (χ4v) is 3.79. The smallest absolute Gasteiger partial charge is 0.263 e. The van der Waals surface area contributed by atoms with Gasteiger partial charge in [0.15, 0.2) is 5.65 Å². The fourth-order valence-electron chi connectivity index (χ4n) is 3.79. The highest BCUT2D eigenvalue weighted by Crippen LogP contribution is 2.52. The lowest BCUT2D eigenvalue weighted by atomic mass is 9.95. The number of aromatic nitrogens is 4. The molecule has 1 aliphatic heterocycles. The molecular formula is C18H19N5O. The SMILES string of the molecule is O=c1[nH]c(N2CCCC3(CC3)C2)nc2c1cnn2-c1ccccc1. The highest BCUT2D eigenvalue weighted by Gasteiger charge is 2.45. The molecular weight excluding hydrogens is 302 g/mol. The average molecular weight is 321 g/mol. The number of anilines is 1. The molecule has 1 aliphatic carbocycles. The molecule has 2 aliphatic rings. The maximum absolute atomic E-state index is 12.5. The first-order valence-electron chi connectivity index (χ1n) is 8.53. The Balaban J connectivity index is 1.62. The number of rotatable bonds is 2. The summed E-state index contributed by atoms with van der Waals surface area (Å²) in [6, 6.07) is 9.81. The lowest BCUT2D eigenvalue weighted by Gasteiger charge is -2.33. The first-order valence-corrected chi connectivity index (χ1v) is 8.53. The second-order valence-corrected chi connectivity index (χ2v) is 7.04. The monoisotopic (exact) mass is 321 g/mol. The van der Waals surface area contributed by atoms with E-state index in [2.05, 4.69) is 15.0 Å². The van der Waals surface area contributed by atoms with Crippen LogP contribution < -0.4 is 10.5 Å². The molecule has 0 atom stereocenters. The molecule has 6 heteroatoms. The minimum Gasteiger partial charge on any atom is -0.342 e. The number of hydrogen-bond donors (Lipinski definition) is 1. The Morgan fingerprint density at radius 3 is 2.75 bits per heavy atom. The van der Waals surface area contributed by atoms with Gasteiger partial charge in [-0.05, 0) is 43.2 Å². The van der Waals surface area contributed by atoms with E-state index in [4.69, 9.17) is 4.98 Å². The van der Waals surface area contributed by atoms with Gasteiger partial charge in [-0.25, -0.2) is 4.68 Å². The third-order valence-corrected chi connectivity index (χ3v) is 5.34. The molecule has 5 rings (SSSR count). The maximum atomic E-state index is 12.5. The molecule has 6 nitrogen and oxygen atoms in total. The zero-order valence-corrected chi connectivity index (χ0v) is 13.4. The lowest BCUT2D eigenvalue weighted by Crippen LogP contribution is -2.38. The number of para-hydroxylation sites is 1. The van der Waals surface area contributed by atoms with Gasteiger partial charge in [0.1, 0.15) is 5.39 Å². The molecule has 1 saturated carbocycles. The Kier molecular flexibility index (Phi) is 2.83. The van der Waals surface area contributed by atoms with Gasteiger partial charge < -0.3 is 4.90 Å². The summed E-state index contributed by atoms with van der Waals surface area (Å²) in [5, 5.41) is 4.90. The number of piperidine rings is 1. The third kappa shape index (κ3) is 2.13. The minimum absolute atomic E-state index is 0.118. The summed E-state index contributed by atoms with van der Waals surface area (Å²) >= 11 is 0. The van der Waals surface area contributed by atoms with Crippen LogP contribution in [0.5, 0.6) is 0 Å². The molecule has 122 valence electrons. The second-order valence-electron chi connectivity index (χ2n) is 7.04. The van der Waals surface area contributed by atoms with Crippen molar-refractivity contribution in [1.82, 2.24) is 19.7 Å². The summed E-state index contributed by atoms with van der Waals surface area (Å²) in [6.45, 7) is 1.95. The summed E-state index contributed by atoms with van der Waals surface area (Å²) in [7, 11) is 0. The number of nitrogens with zero attached hydrogens (tertiary/aromatic N) is 4. The lowest BCUT2D eigenvalue weighted by molar-refractivity contribution is 0.391. The molecule has 1 aromatic carbocycles. The molecule has 24 heavy (non-hydrogen) atoms. The Hall–Kier alpha value is -2.63. The van der Waals surface area contributed by atoms with Crippen molar-refractivity contribution >= 4 is 17.0 Å². The van der Waals surface area contributed by atoms with E-state index in [1.54, 1.807) is 10.9 Å². The van der Waals surface area contributed by atoms with Crippen molar-refractivity contribution in [2.24, 2.45) is 5.41 Å². The predicted molar refractivity (Wildman–Crippen MR) is 92.6 cm³/mol. The van der Waals surface area contributed by atoms with Crippen LogP contribution in [0.2, 0.25) is 0 Å². The van der Waals surface area contributed by atoms with Crippen molar-refractivity contribution in [3.05, 3.63) is 46.9 Å². The predicted octanol–water partition coefficient (Wildman–Crippen LogP) is 2.49. The van der Waals surface area contributed by atoms with Gasteiger partial charge in [-0.15, -0.1) is 0 Å². The molecule has 0 radical (unpaired) electrons. The van der Waals surface area contributed by atoms with Crippen molar-refractivity contribution in [2.45, 2.75) is 25.7 Å². The van der Waals surface area contributed by atoms with Crippen molar-refractivity contribution in [3.63, 3.8) is 0 Å². The second kappa shape index (κ2) is 4.93. The summed E-state index contributed by atoms with van der Waals surface area (Å²) in [5.74, 6) is 0.677. The number of aromatic amines is 1. The molecule has 0 unspecified atom stereocenters. The summed E-state index contributed by atoms with van der Waals surface area (Å²) in [4.78, 5) is 22.4. The van der Waals surface area contributed by atoms with Gasteiger partial charge in [0.25, 0.3) is 5.56 Å². The van der Waals surface area contributed by atoms with Crippen LogP contribution in [0.3, 0.4) is 0 Å². The van der Waals surface area contributed by atoms with Crippen molar-refractivity contribution in [1.29, 1.82) is 0 Å². The third-order valence-electron chi connectivity index (χ3n) is 5.34. The number of hydrogen-bond acceptors (Lipinski definition) is 4. The topological polar surface area (TPSA) is 66.8 Å². The van der Waals surface area contributed by atoms with Crippen LogP contribution in [0.4, 0.5) is 5.95 Å². The number of benzene rings is 1. The maximum Gasteiger partial charge on any atom is 0.263 e. The van der Waals surface area contributed by atoms with E-state index >= 15 is 0 Å². The molecule has 0 amide bonds. The standard InChI is InChI=1S/C18H19N5O/c24-16-14-11-19-23(13-5-2-1-3-6-13)15(14)20-17(21-16)22-10-4-7-18(12-22)8-9-18/h1-3,5-6,11H,4,7-10,12H2,(H,20,21,24). The largest absolute Gasteiger partial charge is 0.342 e. The Morgan fingerprint density at radius 1 is 1.12 bits per heavy atom. The minimum atomic E-state index is -0.118. The van der Waals surface area contributed by atoms with Crippen molar-refractivity contribution in [3.8, 4) is 5.69 Å². The zero-order valence-electron chi connectivity index (χ0n) is 13.4. The van der Waals surface area contributed by atoms with Gasteiger partial charge in [-0.2, -0.15) is 10.1 Å². The molecule has 1 spiro atoms. The molecule has 2 fully saturated rings. The zero-order chi connectivity index (χ0) is 16.1. The quantitative estimate of drug-likeness (QED) is 0.787. The molecule has 2 aromatic heterocycles. The van der Waals surface area contributed by atoms with E-state index in [-0.39, 0.29) is 5.56 Å². The normalized spacial score (nSPS) is 19.1. The van der Waals surface area contributed by atoms with Gasteiger partial charge in [-0.1, -0.05) is 18.2 Å². The van der Waals surface area contributed by atoms with E-state index < -0.39 is 0 Å². The van der Waals surface area contributed by atoms with Gasteiger partial charge in [0.2, 0.25) is 5.95 Å². The Bertz CT molecular complexity index is 954. The van der Waals surface area contributed by atoms with Crippen LogP contribution in [-0.2, 0) is 0 Å². The van der Waals surface area contributed by atoms with Gasteiger partial charge in [-0.3, -0.25) is 9.78 Å². The fraction of sp³-hybridized carbons (Fsp3) is 0.389. The van der Waals surface area contributed by atoms with Crippen LogP contribution in [0, 0.1) is 5.41 Å². The van der Waals surface area contributed by atoms with E-state index in [1.165, 1.54) is 25.7 Å². The summed E-state index contributed by atoms with van der Waals surface area (Å²) < 4.78 is 1.74. The van der Waals surface area contributed by atoms with Crippen LogP contribution >= 0.6 is 0 Å².